The van der Waals surface area contributed by atoms with Gasteiger partial charge in [0.1, 0.15) is 5.75 Å². The Balaban J connectivity index is 0.00000363. The van der Waals surface area contributed by atoms with Gasteiger partial charge in [-0.05, 0) is 49.5 Å². The summed E-state index contributed by atoms with van der Waals surface area (Å²) in [4.78, 5) is 30.3. The summed E-state index contributed by atoms with van der Waals surface area (Å²) in [7, 11) is 3.60. The van der Waals surface area contributed by atoms with Crippen molar-refractivity contribution in [1.29, 1.82) is 0 Å². The summed E-state index contributed by atoms with van der Waals surface area (Å²) in [5.74, 6) is -0.0217. The van der Waals surface area contributed by atoms with Gasteiger partial charge in [0.05, 0.1) is 18.0 Å². The molecule has 6 nitrogen and oxygen atoms in total. The number of likely N-dealkylation sites (N-methyl/N-ethyl adjacent to an activating group) is 1. The van der Waals surface area contributed by atoms with E-state index in [2.05, 4.69) is 11.8 Å². The van der Waals surface area contributed by atoms with Gasteiger partial charge in [-0.15, -0.1) is 24.2 Å². The van der Waals surface area contributed by atoms with Crippen LogP contribution in [-0.4, -0.2) is 56.7 Å². The van der Waals surface area contributed by atoms with Gasteiger partial charge < -0.3 is 19.3 Å². The molecule has 0 saturated carbocycles. The number of thioether (sulfide) groups is 1. The van der Waals surface area contributed by atoms with Crippen LogP contribution in [0.15, 0.2) is 47.4 Å². The molecule has 0 spiro atoms. The van der Waals surface area contributed by atoms with Crippen molar-refractivity contribution in [3.05, 3.63) is 53.1 Å². The predicted octanol–water partition coefficient (Wildman–Crippen LogP) is 4.83. The van der Waals surface area contributed by atoms with Crippen LogP contribution in [0.5, 0.6) is 5.75 Å². The molecule has 3 rings (SSSR count). The number of halogens is 2. The maximum atomic E-state index is 13.7. The van der Waals surface area contributed by atoms with E-state index in [9.17, 15) is 9.59 Å². The SMILES string of the molecule is CCN(C)CCN1C(=O)C(OC(C)=O)C(c2ccc(OC)cc2)Sc2cc(Cl)ccc21.Cl. The molecule has 0 bridgehead atoms. The number of benzene rings is 2. The summed E-state index contributed by atoms with van der Waals surface area (Å²) < 4.78 is 10.9. The minimum atomic E-state index is -0.964. The number of nitrogens with zero attached hydrogens (tertiary/aromatic N) is 2. The molecule has 9 heteroatoms. The highest BCUT2D eigenvalue weighted by Gasteiger charge is 2.40. The first kappa shape index (κ1) is 26.3. The third-order valence-electron chi connectivity index (χ3n) is 5.23. The molecule has 0 N–H and O–H groups in total. The molecule has 1 aliphatic heterocycles. The van der Waals surface area contributed by atoms with E-state index >= 15 is 0 Å². The van der Waals surface area contributed by atoms with Gasteiger partial charge in [-0.2, -0.15) is 0 Å². The zero-order valence-corrected chi connectivity index (χ0v) is 20.9. The van der Waals surface area contributed by atoms with Crippen LogP contribution in [0.25, 0.3) is 0 Å². The monoisotopic (exact) mass is 498 g/mol. The third-order valence-corrected chi connectivity index (χ3v) is 6.82. The van der Waals surface area contributed by atoms with Gasteiger partial charge in [-0.1, -0.05) is 30.7 Å². The second-order valence-corrected chi connectivity index (χ2v) is 8.96. The molecule has 0 aromatic heterocycles. The number of ether oxygens (including phenoxy) is 2. The van der Waals surface area contributed by atoms with E-state index in [-0.39, 0.29) is 18.3 Å². The standard InChI is InChI=1S/C23H27ClN2O4S.ClH/c1-5-25(3)12-13-26-19-11-8-17(24)14-20(19)31-22(21(23(26)28)30-15(2)27)16-6-9-18(29-4)10-7-16;/h6-11,14,21-22H,5,12-13H2,1-4H3;1H. The number of methoxy groups -OCH3 is 1. The summed E-state index contributed by atoms with van der Waals surface area (Å²) in [6.07, 6.45) is -0.964. The lowest BCUT2D eigenvalue weighted by molar-refractivity contribution is -0.152. The number of hydrogen-bond donors (Lipinski definition) is 0. The predicted molar refractivity (Wildman–Crippen MR) is 131 cm³/mol. The molecule has 174 valence electrons. The highest BCUT2D eigenvalue weighted by molar-refractivity contribution is 7.99. The second kappa shape index (κ2) is 11.8. The Hall–Kier alpha value is -1.93. The van der Waals surface area contributed by atoms with E-state index in [1.807, 2.05) is 43.4 Å². The molecule has 2 unspecified atom stereocenters. The molecule has 2 aromatic rings. The topological polar surface area (TPSA) is 59.1 Å². The minimum Gasteiger partial charge on any atom is -0.497 e. The van der Waals surface area contributed by atoms with Crippen LogP contribution < -0.4 is 9.64 Å². The van der Waals surface area contributed by atoms with Gasteiger partial charge in [0.2, 0.25) is 0 Å². The van der Waals surface area contributed by atoms with Crippen molar-refractivity contribution in [3.8, 4) is 5.75 Å². The third kappa shape index (κ3) is 6.10. The lowest BCUT2D eigenvalue weighted by Crippen LogP contribution is -2.45. The Kier molecular flexibility index (Phi) is 9.70. The smallest absolute Gasteiger partial charge is 0.303 e. The summed E-state index contributed by atoms with van der Waals surface area (Å²) in [6, 6.07) is 13.0. The van der Waals surface area contributed by atoms with Crippen LogP contribution >= 0.6 is 35.8 Å². The molecule has 0 radical (unpaired) electrons. The van der Waals surface area contributed by atoms with Gasteiger partial charge in [0, 0.05) is 29.9 Å². The second-order valence-electron chi connectivity index (χ2n) is 7.34. The number of carbonyl (C=O) groups excluding carboxylic acids is 2. The molecular formula is C23H28Cl2N2O4S. The van der Waals surface area contributed by atoms with Crippen LogP contribution in [-0.2, 0) is 14.3 Å². The molecule has 0 aliphatic carbocycles. The van der Waals surface area contributed by atoms with Crippen molar-refractivity contribution < 1.29 is 19.1 Å². The van der Waals surface area contributed by atoms with Crippen LogP contribution in [0.1, 0.15) is 24.7 Å². The summed E-state index contributed by atoms with van der Waals surface area (Å²) in [5, 5.41) is 0.164. The van der Waals surface area contributed by atoms with Crippen molar-refractivity contribution in [3.63, 3.8) is 0 Å². The lowest BCUT2D eigenvalue weighted by Gasteiger charge is -2.29. The molecule has 0 fully saturated rings. The van der Waals surface area contributed by atoms with Crippen LogP contribution in [0.2, 0.25) is 5.02 Å². The number of amides is 1. The van der Waals surface area contributed by atoms with Crippen molar-refractivity contribution in [2.45, 2.75) is 30.1 Å². The Morgan fingerprint density at radius 1 is 1.22 bits per heavy atom. The fourth-order valence-electron chi connectivity index (χ4n) is 3.39. The number of hydrogen-bond acceptors (Lipinski definition) is 6. The average Bonchev–Trinajstić information content (AvgIpc) is 2.86. The molecule has 2 aromatic carbocycles. The zero-order valence-electron chi connectivity index (χ0n) is 18.5. The molecular weight excluding hydrogens is 471 g/mol. The first-order valence-electron chi connectivity index (χ1n) is 10.1. The van der Waals surface area contributed by atoms with Crippen molar-refractivity contribution in [1.82, 2.24) is 4.90 Å². The van der Waals surface area contributed by atoms with Gasteiger partial charge in [0.25, 0.3) is 5.91 Å². The number of anilines is 1. The molecule has 1 heterocycles. The van der Waals surface area contributed by atoms with E-state index in [0.717, 1.165) is 22.7 Å². The molecule has 32 heavy (non-hydrogen) atoms. The number of esters is 1. The van der Waals surface area contributed by atoms with E-state index < -0.39 is 17.3 Å². The lowest BCUT2D eigenvalue weighted by atomic mass is 10.1. The number of carbonyl (C=O) groups is 2. The van der Waals surface area contributed by atoms with E-state index in [1.54, 1.807) is 18.1 Å². The molecule has 2 atom stereocenters. The number of fused-ring (bicyclic) bond motifs is 1. The maximum absolute atomic E-state index is 13.7. The first-order valence-corrected chi connectivity index (χ1v) is 11.4. The van der Waals surface area contributed by atoms with Crippen LogP contribution in [0.4, 0.5) is 5.69 Å². The van der Waals surface area contributed by atoms with Crippen LogP contribution in [0.3, 0.4) is 0 Å². The average molecular weight is 499 g/mol. The van der Waals surface area contributed by atoms with Gasteiger partial charge in [0.15, 0.2) is 6.10 Å². The number of rotatable bonds is 7. The Morgan fingerprint density at radius 2 is 1.91 bits per heavy atom. The quantitative estimate of drug-likeness (QED) is 0.509. The van der Waals surface area contributed by atoms with E-state index in [1.165, 1.54) is 18.7 Å². The Labute approximate surface area is 204 Å². The first-order chi connectivity index (χ1) is 14.8. The molecule has 1 amide bonds. The van der Waals surface area contributed by atoms with E-state index in [0.29, 0.717) is 23.9 Å². The fraction of sp³-hybridized carbons (Fsp3) is 0.391. The Morgan fingerprint density at radius 3 is 2.50 bits per heavy atom. The van der Waals surface area contributed by atoms with Crippen molar-refractivity contribution in [2.24, 2.45) is 0 Å². The normalized spacial score (nSPS) is 17.9. The summed E-state index contributed by atoms with van der Waals surface area (Å²) >= 11 is 7.77. The van der Waals surface area contributed by atoms with Crippen LogP contribution in [0, 0.1) is 0 Å². The highest BCUT2D eigenvalue weighted by atomic mass is 35.5. The maximum Gasteiger partial charge on any atom is 0.303 e. The van der Waals surface area contributed by atoms with Gasteiger partial charge in [-0.3, -0.25) is 9.59 Å². The summed E-state index contributed by atoms with van der Waals surface area (Å²) in [6.45, 7) is 5.43. The van der Waals surface area contributed by atoms with Gasteiger partial charge in [-0.25, -0.2) is 0 Å². The van der Waals surface area contributed by atoms with Crippen molar-refractivity contribution >= 4 is 53.3 Å². The largest absolute Gasteiger partial charge is 0.497 e. The zero-order chi connectivity index (χ0) is 22.5. The highest BCUT2D eigenvalue weighted by Crippen LogP contribution is 2.47. The van der Waals surface area contributed by atoms with Crippen molar-refractivity contribution in [2.75, 3.05) is 38.7 Å². The molecule has 0 saturated heterocycles. The Bertz CT molecular complexity index is 942. The molecule has 1 aliphatic rings. The summed E-state index contributed by atoms with van der Waals surface area (Å²) in [5.41, 5.74) is 1.64. The minimum absolute atomic E-state index is 0. The fourth-order valence-corrected chi connectivity index (χ4v) is 4.99. The van der Waals surface area contributed by atoms with Gasteiger partial charge >= 0.3 is 5.97 Å². The van der Waals surface area contributed by atoms with E-state index in [4.69, 9.17) is 21.1 Å².